The van der Waals surface area contributed by atoms with Gasteiger partial charge in [0.15, 0.2) is 5.65 Å². The molecule has 0 amide bonds. The Morgan fingerprint density at radius 1 is 1.07 bits per heavy atom. The lowest BCUT2D eigenvalue weighted by molar-refractivity contribution is -0.0446. The zero-order valence-electron chi connectivity index (χ0n) is 15.2. The standard InChI is InChI=1S/C19H20F2N6O/c20-19(21)6-4-11(5-7-19)27-17-14(10-24-27)18(28)26-16(25-17)13-3-2-12(13)15-22-8-1-9-23-15/h1,8-13H,2-7H2,(H,25,26,28). The molecule has 9 heteroatoms. The molecule has 146 valence electrons. The fourth-order valence-electron chi connectivity index (χ4n) is 4.30. The maximum absolute atomic E-state index is 13.5. The van der Waals surface area contributed by atoms with E-state index in [1.54, 1.807) is 23.1 Å². The van der Waals surface area contributed by atoms with Crippen LogP contribution in [0, 0.1) is 0 Å². The minimum absolute atomic E-state index is 0.0403. The Balaban J connectivity index is 1.49. The first kappa shape index (κ1) is 17.4. The summed E-state index contributed by atoms with van der Waals surface area (Å²) in [7, 11) is 0. The van der Waals surface area contributed by atoms with Crippen LogP contribution < -0.4 is 5.56 Å². The second kappa shape index (κ2) is 6.42. The second-order valence-corrected chi connectivity index (χ2v) is 7.76. The van der Waals surface area contributed by atoms with Crippen LogP contribution in [0.5, 0.6) is 0 Å². The Labute approximate surface area is 159 Å². The zero-order valence-corrected chi connectivity index (χ0v) is 15.2. The molecule has 2 unspecified atom stereocenters. The lowest BCUT2D eigenvalue weighted by Crippen LogP contribution is -2.29. The van der Waals surface area contributed by atoms with Crippen LogP contribution in [0.1, 0.15) is 68.1 Å². The summed E-state index contributed by atoms with van der Waals surface area (Å²) in [6, 6.07) is 1.62. The van der Waals surface area contributed by atoms with E-state index in [0.29, 0.717) is 29.7 Å². The van der Waals surface area contributed by atoms with Gasteiger partial charge in [0.25, 0.3) is 5.56 Å². The molecule has 0 aliphatic heterocycles. The Bertz CT molecular complexity index is 1050. The van der Waals surface area contributed by atoms with Crippen molar-refractivity contribution < 1.29 is 8.78 Å². The summed E-state index contributed by atoms with van der Waals surface area (Å²) in [5.41, 5.74) is 0.237. The summed E-state index contributed by atoms with van der Waals surface area (Å²) >= 11 is 0. The summed E-state index contributed by atoms with van der Waals surface area (Å²) in [6.45, 7) is 0. The zero-order chi connectivity index (χ0) is 19.3. The minimum Gasteiger partial charge on any atom is -0.310 e. The van der Waals surface area contributed by atoms with Crippen LogP contribution in [-0.4, -0.2) is 35.6 Å². The van der Waals surface area contributed by atoms with Crippen LogP contribution in [0.15, 0.2) is 29.5 Å². The molecule has 7 nitrogen and oxygen atoms in total. The normalized spacial score (nSPS) is 24.9. The number of halogens is 2. The van der Waals surface area contributed by atoms with Crippen molar-refractivity contribution in [2.45, 2.75) is 62.3 Å². The summed E-state index contributed by atoms with van der Waals surface area (Å²) < 4.78 is 28.7. The quantitative estimate of drug-likeness (QED) is 0.746. The van der Waals surface area contributed by atoms with Crippen LogP contribution in [0.2, 0.25) is 0 Å². The first-order chi connectivity index (χ1) is 13.5. The van der Waals surface area contributed by atoms with E-state index < -0.39 is 5.92 Å². The van der Waals surface area contributed by atoms with E-state index in [-0.39, 0.29) is 36.3 Å². The highest BCUT2D eigenvalue weighted by atomic mass is 19.3. The number of alkyl halides is 2. The third kappa shape index (κ3) is 2.89. The molecule has 3 aromatic rings. The van der Waals surface area contributed by atoms with Crippen molar-refractivity contribution in [1.29, 1.82) is 0 Å². The number of fused-ring (bicyclic) bond motifs is 1. The number of hydrogen-bond donors (Lipinski definition) is 1. The van der Waals surface area contributed by atoms with Crippen LogP contribution in [0.4, 0.5) is 8.78 Å². The summed E-state index contributed by atoms with van der Waals surface area (Å²) in [6.07, 6.45) is 7.08. The molecule has 2 aliphatic rings. The van der Waals surface area contributed by atoms with Crippen molar-refractivity contribution in [3.8, 4) is 0 Å². The van der Waals surface area contributed by atoms with Gasteiger partial charge in [-0.2, -0.15) is 5.10 Å². The van der Waals surface area contributed by atoms with E-state index in [0.717, 1.165) is 18.7 Å². The lowest BCUT2D eigenvalue weighted by atomic mass is 9.72. The van der Waals surface area contributed by atoms with E-state index in [2.05, 4.69) is 20.1 Å². The maximum Gasteiger partial charge on any atom is 0.262 e. The van der Waals surface area contributed by atoms with Crippen molar-refractivity contribution in [3.05, 3.63) is 46.7 Å². The van der Waals surface area contributed by atoms with Crippen molar-refractivity contribution in [1.82, 2.24) is 29.7 Å². The van der Waals surface area contributed by atoms with Crippen molar-refractivity contribution >= 4 is 11.0 Å². The predicted octanol–water partition coefficient (Wildman–Crippen LogP) is 3.32. The van der Waals surface area contributed by atoms with Gasteiger partial charge in [-0.25, -0.2) is 28.4 Å². The summed E-state index contributed by atoms with van der Waals surface area (Å²) in [5, 5.41) is 4.71. The highest BCUT2D eigenvalue weighted by molar-refractivity contribution is 5.73. The number of H-pyrrole nitrogens is 1. The summed E-state index contributed by atoms with van der Waals surface area (Å²) in [5.74, 6) is -1.09. The molecule has 0 bridgehead atoms. The average Bonchev–Trinajstić information content (AvgIpc) is 3.06. The van der Waals surface area contributed by atoms with Gasteiger partial charge in [0.05, 0.1) is 12.2 Å². The minimum atomic E-state index is -2.61. The number of nitrogens with zero attached hydrogens (tertiary/aromatic N) is 5. The molecule has 0 saturated heterocycles. The average molecular weight is 386 g/mol. The van der Waals surface area contributed by atoms with Crippen LogP contribution in [0.25, 0.3) is 11.0 Å². The number of nitrogens with one attached hydrogen (secondary N) is 1. The molecule has 2 saturated carbocycles. The topological polar surface area (TPSA) is 89.3 Å². The highest BCUT2D eigenvalue weighted by Gasteiger charge is 2.39. The van der Waals surface area contributed by atoms with E-state index in [4.69, 9.17) is 4.98 Å². The lowest BCUT2D eigenvalue weighted by Gasteiger charge is -2.34. The number of hydrogen-bond acceptors (Lipinski definition) is 5. The van der Waals surface area contributed by atoms with Crippen LogP contribution >= 0.6 is 0 Å². The van der Waals surface area contributed by atoms with Gasteiger partial charge >= 0.3 is 0 Å². The Hall–Kier alpha value is -2.71. The number of aromatic nitrogens is 6. The molecule has 2 atom stereocenters. The maximum atomic E-state index is 13.5. The Morgan fingerprint density at radius 3 is 2.46 bits per heavy atom. The third-order valence-electron chi connectivity index (χ3n) is 6.06. The van der Waals surface area contributed by atoms with Crippen molar-refractivity contribution in [2.75, 3.05) is 0 Å². The van der Waals surface area contributed by atoms with Gasteiger partial charge in [0.2, 0.25) is 5.92 Å². The van der Waals surface area contributed by atoms with Gasteiger partial charge in [-0.1, -0.05) is 0 Å². The number of aromatic amines is 1. The van der Waals surface area contributed by atoms with Gasteiger partial charge in [-0.15, -0.1) is 0 Å². The Morgan fingerprint density at radius 2 is 1.79 bits per heavy atom. The van der Waals surface area contributed by atoms with Crippen molar-refractivity contribution in [3.63, 3.8) is 0 Å². The molecule has 2 aliphatic carbocycles. The first-order valence-electron chi connectivity index (χ1n) is 9.64. The SMILES string of the molecule is O=c1[nH]c(C2CCC2c2ncccn2)nc2c1cnn2C1CCC(F)(F)CC1. The van der Waals surface area contributed by atoms with Gasteiger partial charge in [0.1, 0.15) is 17.0 Å². The second-order valence-electron chi connectivity index (χ2n) is 7.76. The third-order valence-corrected chi connectivity index (χ3v) is 6.06. The van der Waals surface area contributed by atoms with Crippen LogP contribution in [-0.2, 0) is 0 Å². The summed E-state index contributed by atoms with van der Waals surface area (Å²) in [4.78, 5) is 28.9. The first-order valence-corrected chi connectivity index (χ1v) is 9.64. The van der Waals surface area contributed by atoms with E-state index in [1.165, 1.54) is 6.20 Å². The monoisotopic (exact) mass is 386 g/mol. The van der Waals surface area contributed by atoms with Crippen LogP contribution in [0.3, 0.4) is 0 Å². The molecule has 1 N–H and O–H groups in total. The molecular formula is C19H20F2N6O. The van der Waals surface area contributed by atoms with Gasteiger partial charge in [-0.3, -0.25) is 4.79 Å². The van der Waals surface area contributed by atoms with Crippen molar-refractivity contribution in [2.24, 2.45) is 0 Å². The molecule has 3 heterocycles. The smallest absolute Gasteiger partial charge is 0.262 e. The fraction of sp³-hybridized carbons (Fsp3) is 0.526. The van der Waals surface area contributed by atoms with Gasteiger partial charge in [-0.05, 0) is 31.7 Å². The molecular weight excluding hydrogens is 366 g/mol. The predicted molar refractivity (Wildman–Crippen MR) is 97.3 cm³/mol. The van der Waals surface area contributed by atoms with Gasteiger partial charge in [0, 0.05) is 37.1 Å². The molecule has 3 aromatic heterocycles. The van der Waals surface area contributed by atoms with E-state index in [1.807, 2.05) is 0 Å². The number of rotatable bonds is 3. The molecule has 0 radical (unpaired) electrons. The molecule has 28 heavy (non-hydrogen) atoms. The Kier molecular flexibility index (Phi) is 3.99. The van der Waals surface area contributed by atoms with Gasteiger partial charge < -0.3 is 4.98 Å². The molecule has 0 spiro atoms. The highest BCUT2D eigenvalue weighted by Crippen LogP contribution is 2.46. The van der Waals surface area contributed by atoms with E-state index >= 15 is 0 Å². The fourth-order valence-corrected chi connectivity index (χ4v) is 4.30. The molecule has 2 fully saturated rings. The largest absolute Gasteiger partial charge is 0.310 e. The van der Waals surface area contributed by atoms with E-state index in [9.17, 15) is 13.6 Å². The molecule has 5 rings (SSSR count). The molecule has 0 aromatic carbocycles.